The van der Waals surface area contributed by atoms with E-state index in [2.05, 4.69) is 33.0 Å². The van der Waals surface area contributed by atoms with E-state index >= 15 is 0 Å². The van der Waals surface area contributed by atoms with Gasteiger partial charge in [0.05, 0.1) is 29.5 Å². The topological polar surface area (TPSA) is 30.5 Å². The van der Waals surface area contributed by atoms with E-state index in [1.165, 1.54) is 12.1 Å². The largest absolute Gasteiger partial charge is 0.492 e. The highest BCUT2D eigenvalue weighted by atomic mass is 19.1. The first-order chi connectivity index (χ1) is 9.23. The molecule has 1 unspecified atom stereocenters. The molecule has 0 radical (unpaired) electrons. The van der Waals surface area contributed by atoms with E-state index in [-0.39, 0.29) is 23.1 Å². The summed E-state index contributed by atoms with van der Waals surface area (Å²) in [6.45, 7) is 10.7. The zero-order chi connectivity index (χ0) is 15.0. The smallest absolute Gasteiger partial charge is 0.145 e. The first-order valence-electron chi connectivity index (χ1n) is 7.12. The van der Waals surface area contributed by atoms with Crippen molar-refractivity contribution in [2.45, 2.75) is 58.3 Å². The van der Waals surface area contributed by atoms with Crippen LogP contribution >= 0.6 is 0 Å². The van der Waals surface area contributed by atoms with Crippen molar-refractivity contribution in [3.63, 3.8) is 0 Å². The maximum Gasteiger partial charge on any atom is 0.145 e. The molecule has 0 amide bonds. The molecule has 1 heterocycles. The second-order valence-electron chi connectivity index (χ2n) is 6.44. The molecule has 1 aliphatic rings. The average Bonchev–Trinajstić information content (AvgIpc) is 2.50. The molecule has 3 nitrogen and oxygen atoms in total. The Morgan fingerprint density at radius 3 is 2.60 bits per heavy atom. The lowest BCUT2D eigenvalue weighted by Crippen LogP contribution is -2.38. The normalized spacial score (nSPS) is 23.6. The van der Waals surface area contributed by atoms with Crippen LogP contribution in [0, 0.1) is 5.82 Å². The number of nitrogens with one attached hydrogen (secondary N) is 1. The number of halogens is 1. The summed E-state index contributed by atoms with van der Waals surface area (Å²) in [5, 5.41) is 3.45. The van der Waals surface area contributed by atoms with Crippen LogP contribution in [0.2, 0.25) is 0 Å². The van der Waals surface area contributed by atoms with Gasteiger partial charge in [0, 0.05) is 6.07 Å². The second-order valence-corrected chi connectivity index (χ2v) is 6.44. The van der Waals surface area contributed by atoms with Gasteiger partial charge >= 0.3 is 0 Å². The Labute approximate surface area is 120 Å². The van der Waals surface area contributed by atoms with Crippen LogP contribution in [-0.4, -0.2) is 23.9 Å². The summed E-state index contributed by atoms with van der Waals surface area (Å²) < 4.78 is 24.9. The summed E-state index contributed by atoms with van der Waals surface area (Å²) in [4.78, 5) is 0. The van der Waals surface area contributed by atoms with Crippen LogP contribution in [0.5, 0.6) is 5.75 Å². The summed E-state index contributed by atoms with van der Waals surface area (Å²) in [5.41, 5.74) is 0.376. The molecule has 2 rings (SSSR count). The molecule has 20 heavy (non-hydrogen) atoms. The third kappa shape index (κ3) is 3.23. The van der Waals surface area contributed by atoms with Gasteiger partial charge in [-0.25, -0.2) is 4.39 Å². The van der Waals surface area contributed by atoms with Gasteiger partial charge in [0.1, 0.15) is 11.6 Å². The van der Waals surface area contributed by atoms with Crippen molar-refractivity contribution in [3.05, 3.63) is 24.0 Å². The van der Waals surface area contributed by atoms with Crippen molar-refractivity contribution < 1.29 is 13.9 Å². The molecule has 1 aliphatic heterocycles. The predicted octanol–water partition coefficient (Wildman–Crippen LogP) is 3.98. The van der Waals surface area contributed by atoms with Gasteiger partial charge in [-0.05, 0) is 53.2 Å². The number of hydrogen-bond donors (Lipinski definition) is 1. The molecule has 0 aromatic heterocycles. The molecular weight excluding hydrogens is 257 g/mol. The van der Waals surface area contributed by atoms with E-state index in [0.29, 0.717) is 12.4 Å². The Bertz CT molecular complexity index is 485. The molecule has 1 saturated heterocycles. The Kier molecular flexibility index (Phi) is 3.96. The third-order valence-corrected chi connectivity index (χ3v) is 3.65. The van der Waals surface area contributed by atoms with Crippen LogP contribution in [0.1, 0.15) is 41.0 Å². The molecule has 1 aromatic rings. The SMILES string of the molecule is CCOc1cc(F)ccc1NC1CC(C)(C)OC1(C)C. The Balaban J connectivity index is 2.22. The third-order valence-electron chi connectivity index (χ3n) is 3.65. The van der Waals surface area contributed by atoms with Crippen molar-refractivity contribution in [2.75, 3.05) is 11.9 Å². The standard InChI is InChI=1S/C16H24FNO2/c1-6-19-13-9-11(17)7-8-12(13)18-14-10-15(2,3)20-16(14,4)5/h7-9,14,18H,6,10H2,1-5H3. The van der Waals surface area contributed by atoms with Crippen molar-refractivity contribution in [1.29, 1.82) is 0 Å². The molecule has 0 bridgehead atoms. The minimum atomic E-state index is -0.290. The van der Waals surface area contributed by atoms with E-state index in [1.54, 1.807) is 6.07 Å². The van der Waals surface area contributed by atoms with Crippen LogP contribution in [0.4, 0.5) is 10.1 Å². The van der Waals surface area contributed by atoms with E-state index in [0.717, 1.165) is 12.1 Å². The Hall–Kier alpha value is -1.29. The molecule has 1 N–H and O–H groups in total. The van der Waals surface area contributed by atoms with Crippen LogP contribution in [0.3, 0.4) is 0 Å². The number of hydrogen-bond acceptors (Lipinski definition) is 3. The molecule has 0 saturated carbocycles. The molecule has 0 aliphatic carbocycles. The lowest BCUT2D eigenvalue weighted by atomic mass is 9.94. The maximum absolute atomic E-state index is 13.3. The van der Waals surface area contributed by atoms with Gasteiger partial charge in [-0.1, -0.05) is 0 Å². The quantitative estimate of drug-likeness (QED) is 0.905. The van der Waals surface area contributed by atoms with E-state index in [4.69, 9.17) is 9.47 Å². The Morgan fingerprint density at radius 1 is 1.35 bits per heavy atom. The van der Waals surface area contributed by atoms with Crippen molar-refractivity contribution >= 4 is 5.69 Å². The molecule has 4 heteroatoms. The number of ether oxygens (including phenoxy) is 2. The maximum atomic E-state index is 13.3. The van der Waals surface area contributed by atoms with Gasteiger partial charge < -0.3 is 14.8 Å². The zero-order valence-corrected chi connectivity index (χ0v) is 12.9. The monoisotopic (exact) mass is 281 g/mol. The molecular formula is C16H24FNO2. The highest BCUT2D eigenvalue weighted by molar-refractivity contribution is 5.57. The number of anilines is 1. The van der Waals surface area contributed by atoms with Crippen molar-refractivity contribution in [2.24, 2.45) is 0 Å². The summed E-state index contributed by atoms with van der Waals surface area (Å²) in [7, 11) is 0. The highest BCUT2D eigenvalue weighted by Gasteiger charge is 2.46. The zero-order valence-electron chi connectivity index (χ0n) is 12.9. The highest BCUT2D eigenvalue weighted by Crippen LogP contribution is 2.40. The van der Waals surface area contributed by atoms with E-state index in [1.807, 2.05) is 6.92 Å². The van der Waals surface area contributed by atoms with E-state index < -0.39 is 0 Å². The molecule has 1 fully saturated rings. The van der Waals surface area contributed by atoms with Gasteiger partial charge in [-0.3, -0.25) is 0 Å². The minimum Gasteiger partial charge on any atom is -0.492 e. The summed E-state index contributed by atoms with van der Waals surface area (Å²) in [6, 6.07) is 4.74. The fraction of sp³-hybridized carbons (Fsp3) is 0.625. The minimum absolute atomic E-state index is 0.155. The lowest BCUT2D eigenvalue weighted by molar-refractivity contribution is -0.0662. The molecule has 1 aromatic carbocycles. The van der Waals surface area contributed by atoms with Gasteiger partial charge in [0.15, 0.2) is 0 Å². The predicted molar refractivity (Wildman–Crippen MR) is 78.8 cm³/mol. The van der Waals surface area contributed by atoms with E-state index in [9.17, 15) is 4.39 Å². The molecule has 0 spiro atoms. The first-order valence-corrected chi connectivity index (χ1v) is 7.12. The first kappa shape index (κ1) is 15.1. The summed E-state index contributed by atoms with van der Waals surface area (Å²) >= 11 is 0. The van der Waals surface area contributed by atoms with Gasteiger partial charge in [0.2, 0.25) is 0 Å². The summed E-state index contributed by atoms with van der Waals surface area (Å²) in [5.74, 6) is 0.259. The van der Waals surface area contributed by atoms with Crippen LogP contribution in [0.25, 0.3) is 0 Å². The Morgan fingerprint density at radius 2 is 2.05 bits per heavy atom. The fourth-order valence-corrected chi connectivity index (χ4v) is 2.87. The van der Waals surface area contributed by atoms with Crippen LogP contribution in [0.15, 0.2) is 18.2 Å². The molecule has 112 valence electrons. The van der Waals surface area contributed by atoms with Crippen LogP contribution in [-0.2, 0) is 4.74 Å². The lowest BCUT2D eigenvalue weighted by Gasteiger charge is -2.28. The number of benzene rings is 1. The second kappa shape index (κ2) is 5.24. The molecule has 1 atom stereocenters. The van der Waals surface area contributed by atoms with Gasteiger partial charge in [-0.2, -0.15) is 0 Å². The van der Waals surface area contributed by atoms with Crippen molar-refractivity contribution in [1.82, 2.24) is 0 Å². The fourth-order valence-electron chi connectivity index (χ4n) is 2.87. The summed E-state index contributed by atoms with van der Waals surface area (Å²) in [6.07, 6.45) is 0.892. The van der Waals surface area contributed by atoms with Crippen molar-refractivity contribution in [3.8, 4) is 5.75 Å². The van der Waals surface area contributed by atoms with Crippen LogP contribution < -0.4 is 10.1 Å². The van der Waals surface area contributed by atoms with Gasteiger partial charge in [0.25, 0.3) is 0 Å². The average molecular weight is 281 g/mol. The van der Waals surface area contributed by atoms with Gasteiger partial charge in [-0.15, -0.1) is 0 Å². The number of rotatable bonds is 4.